The van der Waals surface area contributed by atoms with Crippen LogP contribution in [0.2, 0.25) is 0 Å². The number of nitrogens with zero attached hydrogens (tertiary/aromatic N) is 3. The van der Waals surface area contributed by atoms with Crippen LogP contribution in [0.15, 0.2) is 51.1 Å². The van der Waals surface area contributed by atoms with Crippen molar-refractivity contribution < 1.29 is 25.3 Å². The van der Waals surface area contributed by atoms with Crippen LogP contribution < -0.4 is 0 Å². The van der Waals surface area contributed by atoms with Gasteiger partial charge < -0.3 is 0 Å². The average Bonchev–Trinajstić information content (AvgIpc) is 3.00. The van der Waals surface area contributed by atoms with Crippen molar-refractivity contribution in [1.29, 1.82) is 0 Å². The summed E-state index contributed by atoms with van der Waals surface area (Å²) in [4.78, 5) is 0.986. The second-order valence-corrected chi connectivity index (χ2v) is 20.4. The van der Waals surface area contributed by atoms with Crippen LogP contribution in [0.5, 0.6) is 0 Å². The summed E-state index contributed by atoms with van der Waals surface area (Å²) < 4.78 is 88.9. The molecule has 0 aliphatic rings. The van der Waals surface area contributed by atoms with Gasteiger partial charge in [-0.25, -0.2) is 25.3 Å². The Hall–Kier alpha value is -2.61. The lowest BCUT2D eigenvalue weighted by Crippen LogP contribution is -2.37. The molecule has 0 aromatic heterocycles. The monoisotopic (exact) mass is 789 g/mol. The summed E-state index contributed by atoms with van der Waals surface area (Å²) in [6, 6.07) is 11.3. The molecule has 0 saturated carbocycles. The van der Waals surface area contributed by atoms with Crippen molar-refractivity contribution in [2.45, 2.75) is 129 Å². The highest BCUT2D eigenvalue weighted by atomic mass is 32.2. The van der Waals surface area contributed by atoms with Gasteiger partial charge >= 0.3 is 0 Å². The molecule has 0 fully saturated rings. The normalized spacial score (nSPS) is 12.8. The van der Waals surface area contributed by atoms with Crippen molar-refractivity contribution >= 4 is 30.1 Å². The van der Waals surface area contributed by atoms with Gasteiger partial charge in [-0.1, -0.05) is 66.9 Å². The minimum atomic E-state index is -3.90. The Morgan fingerprint density at radius 1 is 0.358 bits per heavy atom. The van der Waals surface area contributed by atoms with E-state index in [1.165, 1.54) is 12.9 Å². The molecule has 3 rings (SSSR count). The van der Waals surface area contributed by atoms with Crippen molar-refractivity contribution in [3.05, 3.63) is 86.5 Å². The van der Waals surface area contributed by atoms with E-state index >= 15 is 0 Å². The van der Waals surface area contributed by atoms with E-state index in [2.05, 4.69) is 0 Å². The van der Waals surface area contributed by atoms with Crippen LogP contribution in [0.1, 0.15) is 102 Å². The molecule has 296 valence electrons. The van der Waals surface area contributed by atoms with Crippen molar-refractivity contribution in [1.82, 2.24) is 12.9 Å². The summed E-state index contributed by atoms with van der Waals surface area (Å²) in [7, 11) is -11.4. The zero-order valence-electron chi connectivity index (χ0n) is 34.0. The maximum Gasteiger partial charge on any atom is 0.243 e. The molecule has 0 N–H and O–H groups in total. The van der Waals surface area contributed by atoms with Crippen molar-refractivity contribution in [2.24, 2.45) is 0 Å². The third kappa shape index (κ3) is 10.8. The highest BCUT2D eigenvalue weighted by molar-refractivity contribution is 7.89. The highest BCUT2D eigenvalue weighted by Crippen LogP contribution is 2.29. The predicted molar refractivity (Wildman–Crippen MR) is 217 cm³/mol. The van der Waals surface area contributed by atoms with E-state index in [9.17, 15) is 25.3 Å². The molecule has 0 aliphatic carbocycles. The Balaban J connectivity index is 1.83. The summed E-state index contributed by atoms with van der Waals surface area (Å²) in [5, 5.41) is 0. The lowest BCUT2D eigenvalue weighted by atomic mass is 10.1. The van der Waals surface area contributed by atoms with Crippen molar-refractivity contribution in [3.63, 3.8) is 0 Å². The standard InChI is InChI=1S/C41H63N3O6S3/c1-12-18-42(51(45,46)39-33(6)24-30(3)25-34(39)7)20-14-16-22-44(53(49,50)41-37(10)28-32(5)29-38(41)11)23-17-15-21-43(19-13-2)52(47,48)40-35(8)26-31(4)27-36(40)9/h24-29H,12-23H2,1-11H3. The second-order valence-electron chi connectivity index (χ2n) is 14.8. The third-order valence-corrected chi connectivity index (χ3v) is 16.3. The van der Waals surface area contributed by atoms with Crippen LogP contribution in [0.4, 0.5) is 0 Å². The van der Waals surface area contributed by atoms with Crippen LogP contribution >= 0.6 is 0 Å². The molecule has 0 bridgehead atoms. The van der Waals surface area contributed by atoms with Crippen LogP contribution in [0, 0.1) is 62.3 Å². The number of unbranched alkanes of at least 4 members (excludes halogenated alkanes) is 2. The Bertz CT molecular complexity index is 1900. The van der Waals surface area contributed by atoms with Gasteiger partial charge in [-0.15, -0.1) is 0 Å². The molecular weight excluding hydrogens is 727 g/mol. The molecule has 3 aromatic rings. The summed E-state index contributed by atoms with van der Waals surface area (Å²) in [5.74, 6) is 0. The topological polar surface area (TPSA) is 112 Å². The van der Waals surface area contributed by atoms with E-state index in [1.807, 2.05) is 113 Å². The Morgan fingerprint density at radius 3 is 0.736 bits per heavy atom. The van der Waals surface area contributed by atoms with Gasteiger partial charge in [-0.05, 0) is 134 Å². The van der Waals surface area contributed by atoms with E-state index in [0.717, 1.165) is 38.9 Å². The van der Waals surface area contributed by atoms with Crippen LogP contribution in [0.25, 0.3) is 0 Å². The van der Waals surface area contributed by atoms with E-state index in [-0.39, 0.29) is 26.2 Å². The van der Waals surface area contributed by atoms with Gasteiger partial charge in [0, 0.05) is 39.3 Å². The van der Waals surface area contributed by atoms with E-state index in [0.29, 0.717) is 77.4 Å². The third-order valence-electron chi connectivity index (χ3n) is 9.68. The molecule has 0 saturated heterocycles. The van der Waals surface area contributed by atoms with E-state index < -0.39 is 30.1 Å². The van der Waals surface area contributed by atoms with Gasteiger partial charge in [-0.2, -0.15) is 12.9 Å². The van der Waals surface area contributed by atoms with Gasteiger partial charge in [0.15, 0.2) is 0 Å². The van der Waals surface area contributed by atoms with Gasteiger partial charge in [-0.3, -0.25) is 0 Å². The van der Waals surface area contributed by atoms with E-state index in [4.69, 9.17) is 0 Å². The first-order valence-electron chi connectivity index (χ1n) is 18.9. The molecule has 0 aliphatic heterocycles. The van der Waals surface area contributed by atoms with Crippen molar-refractivity contribution in [2.75, 3.05) is 39.3 Å². The molecule has 0 heterocycles. The molecule has 9 nitrogen and oxygen atoms in total. The Kier molecular flexibility index (Phi) is 15.9. The minimum absolute atomic E-state index is 0.219. The average molecular weight is 790 g/mol. The van der Waals surface area contributed by atoms with Gasteiger partial charge in [0.2, 0.25) is 30.1 Å². The summed E-state index contributed by atoms with van der Waals surface area (Å²) >= 11 is 0. The van der Waals surface area contributed by atoms with Crippen molar-refractivity contribution in [3.8, 4) is 0 Å². The summed E-state index contributed by atoms with van der Waals surface area (Å²) in [6.45, 7) is 22.4. The number of hydrogen-bond acceptors (Lipinski definition) is 6. The van der Waals surface area contributed by atoms with E-state index in [1.54, 1.807) is 0 Å². The van der Waals surface area contributed by atoms with Gasteiger partial charge in [0.25, 0.3) is 0 Å². The molecule has 0 unspecified atom stereocenters. The molecule has 12 heteroatoms. The first-order chi connectivity index (χ1) is 24.7. The lowest BCUT2D eigenvalue weighted by Gasteiger charge is -2.27. The smallest absolute Gasteiger partial charge is 0.207 e. The quantitative estimate of drug-likeness (QED) is 0.107. The number of sulfonamides is 3. The molecule has 0 spiro atoms. The van der Waals surface area contributed by atoms with Gasteiger partial charge in [0.05, 0.1) is 14.7 Å². The second kappa shape index (κ2) is 18.8. The number of benzene rings is 3. The largest absolute Gasteiger partial charge is 0.243 e. The lowest BCUT2D eigenvalue weighted by molar-refractivity contribution is 0.351. The molecule has 0 atom stereocenters. The highest BCUT2D eigenvalue weighted by Gasteiger charge is 2.31. The number of hydrogen-bond donors (Lipinski definition) is 0. The fourth-order valence-corrected chi connectivity index (χ4v) is 13.7. The number of aryl methyl sites for hydroxylation is 9. The maximum atomic E-state index is 14.4. The number of rotatable bonds is 20. The zero-order valence-corrected chi connectivity index (χ0v) is 36.4. The van der Waals surface area contributed by atoms with Crippen LogP contribution in [-0.4, -0.2) is 77.4 Å². The maximum absolute atomic E-state index is 14.4. The molecule has 0 radical (unpaired) electrons. The molecule has 0 amide bonds. The predicted octanol–water partition coefficient (Wildman–Crippen LogP) is 8.22. The van der Waals surface area contributed by atoms with Crippen LogP contribution in [0.3, 0.4) is 0 Å². The van der Waals surface area contributed by atoms with Gasteiger partial charge in [0.1, 0.15) is 0 Å². The molecular formula is C41H63N3O6S3. The van der Waals surface area contributed by atoms with Crippen LogP contribution in [-0.2, 0) is 30.1 Å². The fourth-order valence-electron chi connectivity index (χ4n) is 7.82. The summed E-state index contributed by atoms with van der Waals surface area (Å²) in [6.07, 6.45) is 3.21. The molecule has 53 heavy (non-hydrogen) atoms. The Labute approximate surface area is 322 Å². The SMILES string of the molecule is CCCN(CCCCN(CCCCN(CCC)S(=O)(=O)c1c(C)cc(C)cc1C)S(=O)(=O)c1c(C)cc(C)cc1C)S(=O)(=O)c1c(C)cc(C)cc1C. The summed E-state index contributed by atoms with van der Waals surface area (Å²) in [5.41, 5.74) is 7.26. The minimum Gasteiger partial charge on any atom is -0.207 e. The Morgan fingerprint density at radius 2 is 0.547 bits per heavy atom. The molecule has 3 aromatic carbocycles. The first kappa shape index (κ1) is 44.8. The zero-order chi connectivity index (χ0) is 39.9. The first-order valence-corrected chi connectivity index (χ1v) is 23.3. The fraction of sp³-hybridized carbons (Fsp3) is 0.561.